The first-order valence-corrected chi connectivity index (χ1v) is 11.3. The molecule has 1 saturated heterocycles. The average molecular weight is 453 g/mol. The zero-order chi connectivity index (χ0) is 22.9. The number of anilines is 2. The number of nitrogens with zero attached hydrogens (tertiary/aromatic N) is 6. The van der Waals surface area contributed by atoms with Crippen LogP contribution in [0.2, 0.25) is 0 Å². The molecular formula is C25H24N8O. The van der Waals surface area contributed by atoms with Crippen LogP contribution in [0.25, 0.3) is 27.8 Å². The summed E-state index contributed by atoms with van der Waals surface area (Å²) in [5, 5.41) is 10.4. The second-order valence-electron chi connectivity index (χ2n) is 8.25. The van der Waals surface area contributed by atoms with Crippen LogP contribution in [0.3, 0.4) is 0 Å². The summed E-state index contributed by atoms with van der Waals surface area (Å²) in [6, 6.07) is 16.1. The smallest absolute Gasteiger partial charge is 0.160 e. The van der Waals surface area contributed by atoms with E-state index in [9.17, 15) is 0 Å². The summed E-state index contributed by atoms with van der Waals surface area (Å²) in [4.78, 5) is 14.7. The predicted molar refractivity (Wildman–Crippen MR) is 134 cm³/mol. The van der Waals surface area contributed by atoms with Crippen LogP contribution >= 0.6 is 0 Å². The third-order valence-corrected chi connectivity index (χ3v) is 5.95. The highest BCUT2D eigenvalue weighted by molar-refractivity contribution is 5.99. The summed E-state index contributed by atoms with van der Waals surface area (Å²) in [5.41, 5.74) is 8.69. The molecule has 1 aliphatic heterocycles. The molecule has 9 nitrogen and oxygen atoms in total. The Morgan fingerprint density at radius 3 is 2.85 bits per heavy atom. The highest BCUT2D eigenvalue weighted by Gasteiger charge is 2.18. The zero-order valence-corrected chi connectivity index (χ0v) is 18.8. The third-order valence-electron chi connectivity index (χ3n) is 5.95. The van der Waals surface area contributed by atoms with E-state index in [4.69, 9.17) is 14.8 Å². The van der Waals surface area contributed by atoms with Gasteiger partial charge < -0.3 is 14.6 Å². The average Bonchev–Trinajstić information content (AvgIpc) is 3.49. The Hall–Kier alpha value is -4.24. The largest absolute Gasteiger partial charge is 0.378 e. The van der Waals surface area contributed by atoms with E-state index < -0.39 is 0 Å². The molecule has 0 atom stereocenters. The monoisotopic (exact) mass is 452 g/mol. The van der Waals surface area contributed by atoms with E-state index in [0.29, 0.717) is 19.0 Å². The molecule has 34 heavy (non-hydrogen) atoms. The molecular weight excluding hydrogens is 428 g/mol. The normalized spacial score (nSPS) is 14.4. The standard InChI is InChI=1S/C25H24N8O/c1-17-6-7-18(14-26-17)22-12-24-29-23(13-25(33(24)31-22)32-8-10-34-11-9-32)30-28-16-19-15-27-21-5-3-2-4-20(19)21/h2-7,12-16,27H,8-11H2,1H3,(H,29,30). The molecule has 2 N–H and O–H groups in total. The van der Waals surface area contributed by atoms with Crippen LogP contribution in [0, 0.1) is 6.92 Å². The van der Waals surface area contributed by atoms with Crippen molar-refractivity contribution in [2.24, 2.45) is 5.10 Å². The number of hydrogen-bond donors (Lipinski definition) is 2. The van der Waals surface area contributed by atoms with Gasteiger partial charge in [0, 0.05) is 65.3 Å². The minimum Gasteiger partial charge on any atom is -0.378 e. The highest BCUT2D eigenvalue weighted by atomic mass is 16.5. The maximum absolute atomic E-state index is 5.55. The van der Waals surface area contributed by atoms with Crippen LogP contribution in [0.4, 0.5) is 11.6 Å². The summed E-state index contributed by atoms with van der Waals surface area (Å²) in [6.07, 6.45) is 5.60. The number of morpholine rings is 1. The quantitative estimate of drug-likeness (QED) is 0.311. The SMILES string of the molecule is Cc1ccc(-c2cc3nc(NN=Cc4c[nH]c5ccccc45)cc(N4CCOCC4)n3n2)cn1. The molecule has 1 aliphatic rings. The number of benzene rings is 1. The second kappa shape index (κ2) is 8.60. The molecule has 4 aromatic heterocycles. The number of ether oxygens (including phenoxy) is 1. The van der Waals surface area contributed by atoms with Gasteiger partial charge in [-0.15, -0.1) is 0 Å². The highest BCUT2D eigenvalue weighted by Crippen LogP contribution is 2.26. The molecule has 0 unspecified atom stereocenters. The van der Waals surface area contributed by atoms with Gasteiger partial charge in [0.1, 0.15) is 5.82 Å². The lowest BCUT2D eigenvalue weighted by Crippen LogP contribution is -2.37. The van der Waals surface area contributed by atoms with E-state index >= 15 is 0 Å². The van der Waals surface area contributed by atoms with Crippen molar-refractivity contribution in [2.45, 2.75) is 6.92 Å². The topological polar surface area (TPSA) is 95.7 Å². The van der Waals surface area contributed by atoms with Crippen molar-refractivity contribution in [2.75, 3.05) is 36.6 Å². The lowest BCUT2D eigenvalue weighted by molar-refractivity contribution is 0.122. The third kappa shape index (κ3) is 3.86. The second-order valence-corrected chi connectivity index (χ2v) is 8.25. The number of H-pyrrole nitrogens is 1. The van der Waals surface area contributed by atoms with E-state index in [0.717, 1.165) is 58.0 Å². The van der Waals surface area contributed by atoms with Gasteiger partial charge in [-0.1, -0.05) is 18.2 Å². The first-order valence-electron chi connectivity index (χ1n) is 11.3. The molecule has 6 rings (SSSR count). The summed E-state index contributed by atoms with van der Waals surface area (Å²) in [6.45, 7) is 4.92. The first kappa shape index (κ1) is 20.4. The van der Waals surface area contributed by atoms with Crippen molar-refractivity contribution in [1.82, 2.24) is 24.6 Å². The van der Waals surface area contributed by atoms with Gasteiger partial charge in [0.2, 0.25) is 0 Å². The molecule has 0 radical (unpaired) electrons. The fourth-order valence-corrected chi connectivity index (χ4v) is 4.16. The van der Waals surface area contributed by atoms with Gasteiger partial charge >= 0.3 is 0 Å². The Morgan fingerprint density at radius 2 is 2.00 bits per heavy atom. The lowest BCUT2D eigenvalue weighted by atomic mass is 10.2. The van der Waals surface area contributed by atoms with Crippen LogP contribution in [0.5, 0.6) is 0 Å². The van der Waals surface area contributed by atoms with Gasteiger partial charge in [-0.2, -0.15) is 14.7 Å². The van der Waals surface area contributed by atoms with Crippen molar-refractivity contribution < 1.29 is 4.74 Å². The molecule has 5 aromatic rings. The fraction of sp³-hybridized carbons (Fsp3) is 0.200. The Balaban J connectivity index is 1.36. The number of pyridine rings is 1. The molecule has 170 valence electrons. The molecule has 0 bridgehead atoms. The minimum absolute atomic E-state index is 0.651. The fourth-order valence-electron chi connectivity index (χ4n) is 4.16. The number of hydrogen-bond acceptors (Lipinski definition) is 7. The Bertz CT molecular complexity index is 1480. The van der Waals surface area contributed by atoms with E-state index in [1.165, 1.54) is 0 Å². The molecule has 0 aliphatic carbocycles. The summed E-state index contributed by atoms with van der Waals surface area (Å²) in [5.74, 6) is 1.60. The van der Waals surface area contributed by atoms with Gasteiger partial charge in [0.05, 0.1) is 25.1 Å². The van der Waals surface area contributed by atoms with Gasteiger partial charge in [0.25, 0.3) is 0 Å². The molecule has 1 fully saturated rings. The molecule has 5 heterocycles. The lowest BCUT2D eigenvalue weighted by Gasteiger charge is -2.29. The Labute approximate surface area is 196 Å². The van der Waals surface area contributed by atoms with Crippen LogP contribution in [-0.2, 0) is 4.74 Å². The Morgan fingerprint density at radius 1 is 1.12 bits per heavy atom. The van der Waals surface area contributed by atoms with Crippen molar-refractivity contribution >= 4 is 34.4 Å². The van der Waals surface area contributed by atoms with Gasteiger partial charge in [-0.3, -0.25) is 10.4 Å². The number of aryl methyl sites for hydroxylation is 1. The van der Waals surface area contributed by atoms with Crippen LogP contribution < -0.4 is 10.3 Å². The molecule has 9 heteroatoms. The number of rotatable bonds is 5. The van der Waals surface area contributed by atoms with Crippen LogP contribution in [0.15, 0.2) is 66.0 Å². The summed E-state index contributed by atoms with van der Waals surface area (Å²) < 4.78 is 7.44. The molecule has 0 amide bonds. The van der Waals surface area contributed by atoms with Gasteiger partial charge in [0.15, 0.2) is 11.5 Å². The number of nitrogens with one attached hydrogen (secondary N) is 2. The van der Waals surface area contributed by atoms with Crippen molar-refractivity contribution in [3.63, 3.8) is 0 Å². The summed E-state index contributed by atoms with van der Waals surface area (Å²) in [7, 11) is 0. The van der Waals surface area contributed by atoms with E-state index in [1.807, 2.05) is 66.3 Å². The van der Waals surface area contributed by atoms with E-state index in [1.54, 1.807) is 6.21 Å². The van der Waals surface area contributed by atoms with E-state index in [-0.39, 0.29) is 0 Å². The number of hydrazone groups is 1. The van der Waals surface area contributed by atoms with Crippen molar-refractivity contribution in [3.8, 4) is 11.3 Å². The van der Waals surface area contributed by atoms with Crippen LogP contribution in [-0.4, -0.2) is 57.1 Å². The number of fused-ring (bicyclic) bond motifs is 2. The molecule has 0 saturated carbocycles. The maximum Gasteiger partial charge on any atom is 0.160 e. The van der Waals surface area contributed by atoms with Gasteiger partial charge in [-0.25, -0.2) is 4.98 Å². The zero-order valence-electron chi connectivity index (χ0n) is 18.8. The number of para-hydroxylation sites is 1. The first-order chi connectivity index (χ1) is 16.7. The number of aromatic amines is 1. The van der Waals surface area contributed by atoms with Crippen LogP contribution in [0.1, 0.15) is 11.3 Å². The Kier molecular flexibility index (Phi) is 5.15. The summed E-state index contributed by atoms with van der Waals surface area (Å²) >= 11 is 0. The minimum atomic E-state index is 0.651. The van der Waals surface area contributed by atoms with Gasteiger partial charge in [-0.05, 0) is 25.1 Å². The van der Waals surface area contributed by atoms with E-state index in [2.05, 4.69) is 31.5 Å². The number of aromatic nitrogens is 5. The predicted octanol–water partition coefficient (Wildman–Crippen LogP) is 3.86. The maximum atomic E-state index is 5.55. The van der Waals surface area contributed by atoms with Crippen molar-refractivity contribution in [3.05, 3.63) is 72.2 Å². The molecule has 0 spiro atoms. The molecule has 1 aromatic carbocycles. The van der Waals surface area contributed by atoms with Crippen molar-refractivity contribution in [1.29, 1.82) is 0 Å².